The van der Waals surface area contributed by atoms with Crippen LogP contribution in [0.1, 0.15) is 44.9 Å². The Balaban J connectivity index is 1.65. The third kappa shape index (κ3) is 4.23. The molecule has 100 valence electrons. The SMILES string of the molecule is OCCCCCN1CCCC(C2CCCN2)C1. The summed E-state index contributed by atoms with van der Waals surface area (Å²) in [5, 5.41) is 12.4. The second-order valence-electron chi connectivity index (χ2n) is 5.69. The monoisotopic (exact) mass is 240 g/mol. The summed E-state index contributed by atoms with van der Waals surface area (Å²) in [7, 11) is 0. The normalized spacial score (nSPS) is 30.9. The molecule has 0 aromatic rings. The molecule has 2 fully saturated rings. The second kappa shape index (κ2) is 7.34. The maximum Gasteiger partial charge on any atom is 0.0431 e. The van der Waals surface area contributed by atoms with Crippen LogP contribution in [0, 0.1) is 5.92 Å². The summed E-state index contributed by atoms with van der Waals surface area (Å²) in [5.41, 5.74) is 0. The molecule has 17 heavy (non-hydrogen) atoms. The molecule has 2 N–H and O–H groups in total. The Labute approximate surface area is 106 Å². The van der Waals surface area contributed by atoms with Crippen molar-refractivity contribution in [3.05, 3.63) is 0 Å². The Morgan fingerprint density at radius 3 is 2.82 bits per heavy atom. The van der Waals surface area contributed by atoms with Gasteiger partial charge in [0.25, 0.3) is 0 Å². The van der Waals surface area contributed by atoms with Crippen molar-refractivity contribution in [2.75, 3.05) is 32.8 Å². The molecule has 3 nitrogen and oxygen atoms in total. The fraction of sp³-hybridized carbons (Fsp3) is 1.00. The lowest BCUT2D eigenvalue weighted by Crippen LogP contribution is -2.43. The van der Waals surface area contributed by atoms with Gasteiger partial charge in [-0.25, -0.2) is 0 Å². The molecule has 2 rings (SSSR count). The van der Waals surface area contributed by atoms with E-state index >= 15 is 0 Å². The van der Waals surface area contributed by atoms with Crippen LogP contribution < -0.4 is 5.32 Å². The lowest BCUT2D eigenvalue weighted by Gasteiger charge is -2.35. The quantitative estimate of drug-likeness (QED) is 0.693. The van der Waals surface area contributed by atoms with Crippen molar-refractivity contribution in [1.82, 2.24) is 10.2 Å². The van der Waals surface area contributed by atoms with E-state index in [2.05, 4.69) is 10.2 Å². The minimum absolute atomic E-state index is 0.356. The van der Waals surface area contributed by atoms with Crippen LogP contribution in [0.4, 0.5) is 0 Å². The van der Waals surface area contributed by atoms with E-state index in [-0.39, 0.29) is 0 Å². The molecular weight excluding hydrogens is 212 g/mol. The maximum atomic E-state index is 8.77. The second-order valence-corrected chi connectivity index (χ2v) is 5.69. The number of nitrogens with one attached hydrogen (secondary N) is 1. The van der Waals surface area contributed by atoms with Crippen LogP contribution in [-0.4, -0.2) is 48.8 Å². The fourth-order valence-corrected chi connectivity index (χ4v) is 3.36. The first kappa shape index (κ1) is 13.3. The van der Waals surface area contributed by atoms with E-state index in [9.17, 15) is 0 Å². The van der Waals surface area contributed by atoms with Gasteiger partial charge in [0.1, 0.15) is 0 Å². The summed E-state index contributed by atoms with van der Waals surface area (Å²) in [6, 6.07) is 0.801. The molecule has 0 aliphatic carbocycles. The minimum Gasteiger partial charge on any atom is -0.396 e. The summed E-state index contributed by atoms with van der Waals surface area (Å²) in [5.74, 6) is 0.893. The van der Waals surface area contributed by atoms with Gasteiger partial charge in [0, 0.05) is 19.2 Å². The molecule has 3 heteroatoms. The third-order valence-electron chi connectivity index (χ3n) is 4.34. The van der Waals surface area contributed by atoms with Crippen molar-refractivity contribution in [3.63, 3.8) is 0 Å². The lowest BCUT2D eigenvalue weighted by atomic mass is 9.89. The molecular formula is C14H28N2O. The van der Waals surface area contributed by atoms with Gasteiger partial charge in [0.05, 0.1) is 0 Å². The largest absolute Gasteiger partial charge is 0.396 e. The van der Waals surface area contributed by atoms with Gasteiger partial charge < -0.3 is 15.3 Å². The van der Waals surface area contributed by atoms with Gasteiger partial charge >= 0.3 is 0 Å². The van der Waals surface area contributed by atoms with Crippen molar-refractivity contribution < 1.29 is 5.11 Å². The van der Waals surface area contributed by atoms with Gasteiger partial charge in [-0.3, -0.25) is 0 Å². The molecule has 0 amide bonds. The Bertz CT molecular complexity index is 204. The van der Waals surface area contributed by atoms with Crippen LogP contribution in [0.15, 0.2) is 0 Å². The molecule has 0 radical (unpaired) electrons. The topological polar surface area (TPSA) is 35.5 Å². The number of unbranched alkanes of at least 4 members (excludes halogenated alkanes) is 2. The highest BCUT2D eigenvalue weighted by molar-refractivity contribution is 4.86. The Hall–Kier alpha value is -0.120. The highest BCUT2D eigenvalue weighted by atomic mass is 16.2. The van der Waals surface area contributed by atoms with E-state index in [0.29, 0.717) is 6.61 Å². The van der Waals surface area contributed by atoms with E-state index in [4.69, 9.17) is 5.11 Å². The highest BCUT2D eigenvalue weighted by Crippen LogP contribution is 2.24. The zero-order chi connectivity index (χ0) is 11.9. The Morgan fingerprint density at radius 1 is 1.12 bits per heavy atom. The summed E-state index contributed by atoms with van der Waals surface area (Å²) in [6.07, 6.45) is 8.97. The molecule has 2 aliphatic rings. The molecule has 0 saturated carbocycles. The number of likely N-dealkylation sites (tertiary alicyclic amines) is 1. The van der Waals surface area contributed by atoms with E-state index in [0.717, 1.165) is 18.4 Å². The van der Waals surface area contributed by atoms with E-state index < -0.39 is 0 Å². The van der Waals surface area contributed by atoms with Crippen molar-refractivity contribution in [1.29, 1.82) is 0 Å². The number of aliphatic hydroxyl groups excluding tert-OH is 1. The molecule has 0 aromatic heterocycles. The molecule has 0 spiro atoms. The molecule has 0 bridgehead atoms. The average molecular weight is 240 g/mol. The Morgan fingerprint density at radius 2 is 2.06 bits per heavy atom. The van der Waals surface area contributed by atoms with Gasteiger partial charge in [-0.05, 0) is 70.5 Å². The first-order valence-electron chi connectivity index (χ1n) is 7.47. The van der Waals surface area contributed by atoms with Gasteiger partial charge in [0.2, 0.25) is 0 Å². The smallest absolute Gasteiger partial charge is 0.0431 e. The summed E-state index contributed by atoms with van der Waals surface area (Å²) < 4.78 is 0. The predicted octanol–water partition coefficient (Wildman–Crippen LogP) is 1.61. The number of hydrogen-bond donors (Lipinski definition) is 2. The van der Waals surface area contributed by atoms with E-state index in [1.165, 1.54) is 64.7 Å². The first-order valence-corrected chi connectivity index (χ1v) is 7.47. The summed E-state index contributed by atoms with van der Waals surface area (Å²) >= 11 is 0. The van der Waals surface area contributed by atoms with Crippen molar-refractivity contribution in [3.8, 4) is 0 Å². The van der Waals surface area contributed by atoms with Crippen molar-refractivity contribution in [2.24, 2.45) is 5.92 Å². The standard InChI is InChI=1S/C14H28N2O/c17-11-3-1-2-9-16-10-5-6-13(12-16)14-7-4-8-15-14/h13-15,17H,1-12H2. The zero-order valence-corrected chi connectivity index (χ0v) is 11.0. The van der Waals surface area contributed by atoms with E-state index in [1.54, 1.807) is 0 Å². The maximum absolute atomic E-state index is 8.77. The number of piperidine rings is 1. The van der Waals surface area contributed by atoms with Crippen molar-refractivity contribution in [2.45, 2.75) is 51.0 Å². The van der Waals surface area contributed by atoms with E-state index in [1.807, 2.05) is 0 Å². The molecule has 2 heterocycles. The Kier molecular flexibility index (Phi) is 5.75. The van der Waals surface area contributed by atoms with Crippen LogP contribution in [0.3, 0.4) is 0 Å². The lowest BCUT2D eigenvalue weighted by molar-refractivity contribution is 0.148. The number of nitrogens with zero attached hydrogens (tertiary/aromatic N) is 1. The molecule has 2 saturated heterocycles. The van der Waals surface area contributed by atoms with Crippen LogP contribution in [0.2, 0.25) is 0 Å². The first-order chi connectivity index (χ1) is 8.40. The van der Waals surface area contributed by atoms with Gasteiger partial charge in [-0.1, -0.05) is 0 Å². The number of aliphatic hydroxyl groups is 1. The number of hydrogen-bond acceptors (Lipinski definition) is 3. The predicted molar refractivity (Wildman–Crippen MR) is 71.1 cm³/mol. The molecule has 2 unspecified atom stereocenters. The van der Waals surface area contributed by atoms with Gasteiger partial charge in [-0.15, -0.1) is 0 Å². The summed E-state index contributed by atoms with van der Waals surface area (Å²) in [4.78, 5) is 2.64. The average Bonchev–Trinajstić information content (AvgIpc) is 2.89. The summed E-state index contributed by atoms with van der Waals surface area (Å²) in [6.45, 7) is 5.43. The fourth-order valence-electron chi connectivity index (χ4n) is 3.36. The number of rotatable bonds is 6. The van der Waals surface area contributed by atoms with Crippen LogP contribution in [0.25, 0.3) is 0 Å². The zero-order valence-electron chi connectivity index (χ0n) is 11.0. The van der Waals surface area contributed by atoms with Gasteiger partial charge in [-0.2, -0.15) is 0 Å². The third-order valence-corrected chi connectivity index (χ3v) is 4.34. The van der Waals surface area contributed by atoms with Crippen LogP contribution >= 0.6 is 0 Å². The molecule has 2 atom stereocenters. The molecule has 0 aromatic carbocycles. The van der Waals surface area contributed by atoms with Gasteiger partial charge in [0.15, 0.2) is 0 Å². The minimum atomic E-state index is 0.356. The molecule has 2 aliphatic heterocycles. The highest BCUT2D eigenvalue weighted by Gasteiger charge is 2.28. The van der Waals surface area contributed by atoms with Crippen molar-refractivity contribution >= 4 is 0 Å². The van der Waals surface area contributed by atoms with Crippen LogP contribution in [-0.2, 0) is 0 Å². The van der Waals surface area contributed by atoms with Crippen LogP contribution in [0.5, 0.6) is 0 Å².